The van der Waals surface area contributed by atoms with Gasteiger partial charge in [0.15, 0.2) is 0 Å². The number of carbonyl (C=O) groups is 2. The maximum atomic E-state index is 13.2. The quantitative estimate of drug-likeness (QED) is 0.250. The molecule has 4 aliphatic rings. The maximum Gasteiger partial charge on any atom is 0.305 e. The van der Waals surface area contributed by atoms with E-state index in [1.165, 1.54) is 52.1 Å². The fourth-order valence-electron chi connectivity index (χ4n) is 8.72. The van der Waals surface area contributed by atoms with Crippen LogP contribution < -0.4 is 0 Å². The molecule has 4 fully saturated rings. The van der Waals surface area contributed by atoms with E-state index >= 15 is 0 Å². The molecule has 0 N–H and O–H groups in total. The Morgan fingerprint density at radius 3 is 2.45 bits per heavy atom. The molecule has 7 unspecified atom stereocenters. The first-order chi connectivity index (χ1) is 14.7. The van der Waals surface area contributed by atoms with Crippen molar-refractivity contribution in [3.63, 3.8) is 0 Å². The fraction of sp³-hybridized carbons (Fsp3) is 0.920. The predicted octanol–water partition coefficient (Wildman–Crippen LogP) is 7.21. The summed E-state index contributed by atoms with van der Waals surface area (Å²) in [5, 5.41) is 0. The van der Waals surface area contributed by atoms with Crippen LogP contribution in [0.3, 0.4) is 0 Å². The van der Waals surface area contributed by atoms with Gasteiger partial charge in [-0.05, 0) is 95.2 Å². The van der Waals surface area contributed by atoms with Crippen LogP contribution in [0, 0.1) is 46.3 Å². The lowest BCUT2D eigenvalue weighted by Gasteiger charge is -2.60. The standard InChI is InChI=1S/C25H40O3.H2S3/c1-16(8-11-23(27)28-4)18-9-10-19-17-15-22(26)21-7-5-6-13-24(21,2)20(17)12-14-25(18,19)3;1-3-2/h16-21H,5-15H2,1-4H3;1-2H/t16-,17?,18?,19?,20?,21?,24?,25?;/m1./s1. The number of hydrogen-bond donors (Lipinski definition) is 2. The topological polar surface area (TPSA) is 43.4 Å². The Labute approximate surface area is 203 Å². The van der Waals surface area contributed by atoms with Gasteiger partial charge in [0, 0.05) is 18.8 Å². The number of Topliss-reactive ketones (excluding diaryl/α,β-unsaturated/α-hetero) is 1. The van der Waals surface area contributed by atoms with Crippen molar-refractivity contribution < 1.29 is 14.3 Å². The van der Waals surface area contributed by atoms with Gasteiger partial charge in [-0.15, -0.1) is 0 Å². The zero-order valence-electron chi connectivity index (χ0n) is 19.8. The van der Waals surface area contributed by atoms with Gasteiger partial charge in [-0.3, -0.25) is 9.59 Å². The Bertz CT molecular complexity index is 656. The summed E-state index contributed by atoms with van der Waals surface area (Å²) in [5.41, 5.74) is 0.628. The molecule has 0 radical (unpaired) electrons. The average molecular weight is 487 g/mol. The van der Waals surface area contributed by atoms with Gasteiger partial charge < -0.3 is 4.74 Å². The van der Waals surface area contributed by atoms with Crippen LogP contribution in [-0.4, -0.2) is 18.9 Å². The molecule has 0 heterocycles. The van der Waals surface area contributed by atoms with Crippen LogP contribution in [0.5, 0.6) is 0 Å². The van der Waals surface area contributed by atoms with E-state index in [1.807, 2.05) is 0 Å². The van der Waals surface area contributed by atoms with Gasteiger partial charge in [0.1, 0.15) is 5.78 Å². The molecule has 31 heavy (non-hydrogen) atoms. The van der Waals surface area contributed by atoms with Gasteiger partial charge in [-0.25, -0.2) is 0 Å². The highest BCUT2D eigenvalue weighted by molar-refractivity contribution is 9.01. The van der Waals surface area contributed by atoms with Crippen molar-refractivity contribution in [3.8, 4) is 0 Å². The number of hydrogen-bond acceptors (Lipinski definition) is 6. The summed E-state index contributed by atoms with van der Waals surface area (Å²) in [4.78, 5) is 24.8. The molecule has 178 valence electrons. The van der Waals surface area contributed by atoms with E-state index in [2.05, 4.69) is 44.1 Å². The molecule has 0 spiro atoms. The molecule has 0 aromatic heterocycles. The van der Waals surface area contributed by atoms with Gasteiger partial charge in [-0.2, -0.15) is 0 Å². The molecule has 0 aromatic carbocycles. The fourth-order valence-corrected chi connectivity index (χ4v) is 8.72. The van der Waals surface area contributed by atoms with Crippen molar-refractivity contribution in [2.75, 3.05) is 7.11 Å². The lowest BCUT2D eigenvalue weighted by molar-refractivity contribution is -0.154. The summed E-state index contributed by atoms with van der Waals surface area (Å²) in [6.07, 6.45) is 12.5. The van der Waals surface area contributed by atoms with E-state index in [9.17, 15) is 9.59 Å². The van der Waals surface area contributed by atoms with E-state index in [4.69, 9.17) is 4.74 Å². The monoisotopic (exact) mass is 486 g/mol. The van der Waals surface area contributed by atoms with Crippen LogP contribution in [-0.2, 0) is 14.3 Å². The number of ether oxygens (including phenoxy) is 1. The summed E-state index contributed by atoms with van der Waals surface area (Å²) in [5.74, 6) is 4.20. The average Bonchev–Trinajstić information content (AvgIpc) is 3.10. The lowest BCUT2D eigenvalue weighted by atomic mass is 9.44. The summed E-state index contributed by atoms with van der Waals surface area (Å²) in [7, 11) is 2.63. The van der Waals surface area contributed by atoms with Crippen molar-refractivity contribution in [1.82, 2.24) is 0 Å². The summed E-state index contributed by atoms with van der Waals surface area (Å²) in [6, 6.07) is 0. The molecular formula is C25H42O3S3. The second-order valence-corrected chi connectivity index (χ2v) is 13.4. The summed E-state index contributed by atoms with van der Waals surface area (Å²) in [6.45, 7) is 7.34. The molecule has 6 heteroatoms. The lowest BCUT2D eigenvalue weighted by Crippen LogP contribution is -2.56. The number of rotatable bonds is 4. The van der Waals surface area contributed by atoms with Crippen LogP contribution in [0.15, 0.2) is 0 Å². The van der Waals surface area contributed by atoms with Crippen LogP contribution in [0.2, 0.25) is 0 Å². The largest absolute Gasteiger partial charge is 0.469 e. The van der Waals surface area contributed by atoms with E-state index < -0.39 is 0 Å². The van der Waals surface area contributed by atoms with Gasteiger partial charge in [0.2, 0.25) is 0 Å². The third-order valence-electron chi connectivity index (χ3n) is 10.2. The highest BCUT2D eigenvalue weighted by Gasteiger charge is 2.61. The SMILES string of the molecule is COC(=O)CC[C@@H](C)C1CCC2C3CC(=O)C4CCCCC4(C)C3CCC21C.SSS. The Morgan fingerprint density at radius 1 is 1.10 bits per heavy atom. The highest BCUT2D eigenvalue weighted by Crippen LogP contribution is 2.67. The summed E-state index contributed by atoms with van der Waals surface area (Å²) >= 11 is 7.14. The molecule has 4 saturated carbocycles. The number of fused-ring (bicyclic) bond motifs is 5. The van der Waals surface area contributed by atoms with Gasteiger partial charge >= 0.3 is 5.97 Å². The van der Waals surface area contributed by atoms with E-state index in [0.717, 1.165) is 35.0 Å². The maximum absolute atomic E-state index is 13.2. The van der Waals surface area contributed by atoms with E-state index in [1.54, 1.807) is 0 Å². The molecule has 3 nitrogen and oxygen atoms in total. The van der Waals surface area contributed by atoms with Crippen molar-refractivity contribution >= 4 is 44.9 Å². The Morgan fingerprint density at radius 2 is 1.77 bits per heavy atom. The molecule has 0 saturated heterocycles. The van der Waals surface area contributed by atoms with Gasteiger partial charge in [0.05, 0.1) is 7.11 Å². The van der Waals surface area contributed by atoms with Gasteiger partial charge in [-0.1, -0.05) is 56.9 Å². The van der Waals surface area contributed by atoms with E-state index in [0.29, 0.717) is 47.2 Å². The first-order valence-corrected chi connectivity index (χ1v) is 15.2. The Balaban J connectivity index is 0.000000858. The molecule has 8 atom stereocenters. The number of ketones is 1. The predicted molar refractivity (Wildman–Crippen MR) is 136 cm³/mol. The second kappa shape index (κ2) is 10.6. The van der Waals surface area contributed by atoms with Crippen molar-refractivity contribution in [2.45, 2.75) is 91.4 Å². The smallest absolute Gasteiger partial charge is 0.305 e. The minimum absolute atomic E-state index is 0.0793. The third kappa shape index (κ3) is 4.87. The minimum Gasteiger partial charge on any atom is -0.469 e. The zero-order valence-corrected chi connectivity index (χ0v) is 22.4. The van der Waals surface area contributed by atoms with E-state index in [-0.39, 0.29) is 11.4 Å². The first kappa shape index (κ1) is 25.8. The number of carbonyl (C=O) groups excluding carboxylic acids is 2. The molecule has 4 aliphatic carbocycles. The Kier molecular flexibility index (Phi) is 8.85. The van der Waals surface area contributed by atoms with Gasteiger partial charge in [0.25, 0.3) is 0 Å². The molecular weight excluding hydrogens is 444 g/mol. The second-order valence-electron chi connectivity index (χ2n) is 11.3. The van der Waals surface area contributed by atoms with Crippen molar-refractivity contribution in [3.05, 3.63) is 0 Å². The first-order valence-electron chi connectivity index (χ1n) is 12.3. The van der Waals surface area contributed by atoms with Crippen LogP contribution >= 0.6 is 33.1 Å². The number of methoxy groups -OCH3 is 1. The number of thiol groups is 2. The molecule has 0 amide bonds. The van der Waals surface area contributed by atoms with Crippen molar-refractivity contribution in [1.29, 1.82) is 0 Å². The molecule has 0 aromatic rings. The minimum atomic E-state index is -0.0793. The van der Waals surface area contributed by atoms with Crippen LogP contribution in [0.1, 0.15) is 91.4 Å². The number of esters is 1. The molecule has 0 aliphatic heterocycles. The summed E-state index contributed by atoms with van der Waals surface area (Å²) < 4.78 is 4.86. The highest BCUT2D eigenvalue weighted by atomic mass is 33.5. The molecule has 0 bridgehead atoms. The normalized spacial score (nSPS) is 42.4. The van der Waals surface area contributed by atoms with Crippen LogP contribution in [0.25, 0.3) is 0 Å². The van der Waals surface area contributed by atoms with Crippen molar-refractivity contribution in [2.24, 2.45) is 46.3 Å². The third-order valence-corrected chi connectivity index (χ3v) is 10.2. The Hall–Kier alpha value is 0.190. The molecule has 4 rings (SSSR count). The zero-order chi connectivity index (χ0) is 22.8. The van der Waals surface area contributed by atoms with Crippen LogP contribution in [0.4, 0.5) is 0 Å².